The molecule has 0 saturated carbocycles. The van der Waals surface area contributed by atoms with Crippen LogP contribution >= 0.6 is 0 Å². The first-order valence-electron chi connectivity index (χ1n) is 12.9. The zero-order chi connectivity index (χ0) is 26.9. The predicted molar refractivity (Wildman–Crippen MR) is 152 cm³/mol. The third kappa shape index (κ3) is 7.22. The van der Waals surface area contributed by atoms with Gasteiger partial charge in [-0.05, 0) is 77.7 Å². The standard InChI is InChI=1S/C32H29FN4O2/c33-28-10-7-24(8-11-28)6-9-27-21-29(36-32(38)35-16-14-25-3-2-15-34-23-25)12-13-31(27)26-4-1-5-30(22-26)37-17-19-39-20-18-37/h1-5,7-8,10-13,15,21-23H,14,16-20H2,(H2,35,36,38). The van der Waals surface area contributed by atoms with Gasteiger partial charge in [-0.1, -0.05) is 36.1 Å². The Morgan fingerprint density at radius 2 is 1.82 bits per heavy atom. The Bertz CT molecular complexity index is 1470. The number of benzene rings is 3. The van der Waals surface area contributed by atoms with Crippen LogP contribution in [0.15, 0.2) is 91.3 Å². The molecule has 1 fully saturated rings. The number of morpholine rings is 1. The van der Waals surface area contributed by atoms with Crippen molar-refractivity contribution in [1.29, 1.82) is 0 Å². The van der Waals surface area contributed by atoms with Gasteiger partial charge < -0.3 is 20.3 Å². The van der Waals surface area contributed by atoms with Gasteiger partial charge >= 0.3 is 6.03 Å². The Labute approximate surface area is 227 Å². The lowest BCUT2D eigenvalue weighted by molar-refractivity contribution is 0.122. The fourth-order valence-electron chi connectivity index (χ4n) is 4.38. The molecule has 2 heterocycles. The summed E-state index contributed by atoms with van der Waals surface area (Å²) in [4.78, 5) is 19.0. The molecule has 0 radical (unpaired) electrons. The molecule has 2 amide bonds. The zero-order valence-corrected chi connectivity index (χ0v) is 21.5. The summed E-state index contributed by atoms with van der Waals surface area (Å²) in [5.74, 6) is 6.07. The van der Waals surface area contributed by atoms with Crippen LogP contribution in [0.25, 0.3) is 11.1 Å². The third-order valence-corrected chi connectivity index (χ3v) is 6.42. The fraction of sp³-hybridized carbons (Fsp3) is 0.188. The number of nitrogens with zero attached hydrogens (tertiary/aromatic N) is 2. The number of hydrogen-bond donors (Lipinski definition) is 2. The van der Waals surface area contributed by atoms with Gasteiger partial charge in [0, 0.05) is 54.5 Å². The second kappa shape index (κ2) is 12.7. The molecular formula is C32H29FN4O2. The topological polar surface area (TPSA) is 66.5 Å². The van der Waals surface area contributed by atoms with Gasteiger partial charge in [0.25, 0.3) is 0 Å². The minimum Gasteiger partial charge on any atom is -0.378 e. The summed E-state index contributed by atoms with van der Waals surface area (Å²) in [6, 6.07) is 23.7. The smallest absolute Gasteiger partial charge is 0.319 e. The SMILES string of the molecule is O=C(NCCc1cccnc1)Nc1ccc(-c2cccc(N3CCOCC3)c2)c(C#Cc2ccc(F)cc2)c1. The summed E-state index contributed by atoms with van der Waals surface area (Å²) < 4.78 is 18.9. The van der Waals surface area contributed by atoms with Gasteiger partial charge in [0.1, 0.15) is 5.82 Å². The number of carbonyl (C=O) groups is 1. The van der Waals surface area contributed by atoms with E-state index in [0.29, 0.717) is 37.4 Å². The van der Waals surface area contributed by atoms with Crippen LogP contribution in [-0.4, -0.2) is 43.9 Å². The molecule has 0 aliphatic carbocycles. The number of anilines is 2. The molecule has 3 aromatic carbocycles. The Balaban J connectivity index is 1.38. The van der Waals surface area contributed by atoms with E-state index in [-0.39, 0.29) is 11.8 Å². The van der Waals surface area contributed by atoms with Crippen LogP contribution in [0.4, 0.5) is 20.6 Å². The number of halogens is 1. The molecule has 1 aliphatic heterocycles. The summed E-state index contributed by atoms with van der Waals surface area (Å²) in [6.07, 6.45) is 4.20. The molecule has 2 N–H and O–H groups in total. The van der Waals surface area contributed by atoms with Crippen molar-refractivity contribution in [2.75, 3.05) is 43.1 Å². The molecule has 4 aromatic rings. The lowest BCUT2D eigenvalue weighted by atomic mass is 9.98. The molecule has 5 rings (SSSR count). The summed E-state index contributed by atoms with van der Waals surface area (Å²) in [7, 11) is 0. The van der Waals surface area contributed by atoms with Crippen molar-refractivity contribution in [3.05, 3.63) is 114 Å². The predicted octanol–water partition coefficient (Wildman–Crippen LogP) is 5.49. The van der Waals surface area contributed by atoms with Gasteiger partial charge in [0.05, 0.1) is 13.2 Å². The molecule has 1 saturated heterocycles. The van der Waals surface area contributed by atoms with E-state index in [4.69, 9.17) is 4.74 Å². The van der Waals surface area contributed by atoms with Crippen LogP contribution in [0.2, 0.25) is 0 Å². The number of aromatic nitrogens is 1. The Morgan fingerprint density at radius 3 is 2.62 bits per heavy atom. The van der Waals surface area contributed by atoms with Gasteiger partial charge in [0.2, 0.25) is 0 Å². The first-order valence-corrected chi connectivity index (χ1v) is 12.9. The largest absolute Gasteiger partial charge is 0.378 e. The molecule has 39 heavy (non-hydrogen) atoms. The minimum atomic E-state index is -0.304. The van der Waals surface area contributed by atoms with Gasteiger partial charge in [-0.15, -0.1) is 0 Å². The maximum atomic E-state index is 13.4. The number of nitrogens with one attached hydrogen (secondary N) is 2. The van der Waals surface area contributed by atoms with Crippen LogP contribution in [0, 0.1) is 17.7 Å². The molecule has 0 bridgehead atoms. The summed E-state index contributed by atoms with van der Waals surface area (Å²) in [5, 5.41) is 5.80. The van der Waals surface area contributed by atoms with E-state index < -0.39 is 0 Å². The normalized spacial score (nSPS) is 12.8. The number of pyridine rings is 1. The molecule has 7 heteroatoms. The van der Waals surface area contributed by atoms with Crippen molar-refractivity contribution < 1.29 is 13.9 Å². The van der Waals surface area contributed by atoms with Crippen molar-refractivity contribution in [2.45, 2.75) is 6.42 Å². The van der Waals surface area contributed by atoms with Crippen LogP contribution in [-0.2, 0) is 11.2 Å². The monoisotopic (exact) mass is 520 g/mol. The lowest BCUT2D eigenvalue weighted by Crippen LogP contribution is -2.36. The van der Waals surface area contributed by atoms with Crippen LogP contribution < -0.4 is 15.5 Å². The number of ether oxygens (including phenoxy) is 1. The average Bonchev–Trinajstić information content (AvgIpc) is 2.98. The van der Waals surface area contributed by atoms with E-state index in [2.05, 4.69) is 50.6 Å². The highest BCUT2D eigenvalue weighted by Crippen LogP contribution is 2.30. The maximum absolute atomic E-state index is 13.4. The molecule has 196 valence electrons. The van der Waals surface area contributed by atoms with Crippen molar-refractivity contribution in [3.8, 4) is 23.0 Å². The molecule has 0 atom stereocenters. The summed E-state index contributed by atoms with van der Waals surface area (Å²) in [6.45, 7) is 3.60. The zero-order valence-electron chi connectivity index (χ0n) is 21.5. The highest BCUT2D eigenvalue weighted by molar-refractivity contribution is 5.90. The Morgan fingerprint density at radius 1 is 0.974 bits per heavy atom. The van der Waals surface area contributed by atoms with Crippen molar-refractivity contribution >= 4 is 17.4 Å². The minimum absolute atomic E-state index is 0.293. The van der Waals surface area contributed by atoms with E-state index in [0.717, 1.165) is 41.0 Å². The average molecular weight is 521 g/mol. The molecule has 6 nitrogen and oxygen atoms in total. The molecular weight excluding hydrogens is 491 g/mol. The number of carbonyl (C=O) groups excluding carboxylic acids is 1. The van der Waals surface area contributed by atoms with E-state index in [1.54, 1.807) is 24.5 Å². The van der Waals surface area contributed by atoms with Gasteiger partial charge in [-0.2, -0.15) is 0 Å². The number of amides is 2. The molecule has 0 unspecified atom stereocenters. The van der Waals surface area contributed by atoms with Gasteiger partial charge in [-0.25, -0.2) is 9.18 Å². The van der Waals surface area contributed by atoms with Crippen molar-refractivity contribution in [3.63, 3.8) is 0 Å². The van der Waals surface area contributed by atoms with Gasteiger partial charge in [0.15, 0.2) is 0 Å². The number of rotatable bonds is 6. The third-order valence-electron chi connectivity index (χ3n) is 6.42. The van der Waals surface area contributed by atoms with Crippen LogP contribution in [0.1, 0.15) is 16.7 Å². The number of urea groups is 1. The number of hydrogen-bond acceptors (Lipinski definition) is 4. The fourth-order valence-corrected chi connectivity index (χ4v) is 4.38. The highest BCUT2D eigenvalue weighted by Gasteiger charge is 2.13. The van der Waals surface area contributed by atoms with Crippen molar-refractivity contribution in [2.24, 2.45) is 0 Å². The second-order valence-electron chi connectivity index (χ2n) is 9.16. The quantitative estimate of drug-likeness (QED) is 0.330. The first kappa shape index (κ1) is 26.0. The van der Waals surface area contributed by atoms with Crippen molar-refractivity contribution in [1.82, 2.24) is 10.3 Å². The Kier molecular flexibility index (Phi) is 8.47. The Hall–Kier alpha value is -4.67. The van der Waals surface area contributed by atoms with Gasteiger partial charge in [-0.3, -0.25) is 4.98 Å². The highest BCUT2D eigenvalue weighted by atomic mass is 19.1. The van der Waals surface area contributed by atoms with Crippen LogP contribution in [0.3, 0.4) is 0 Å². The molecule has 0 spiro atoms. The lowest BCUT2D eigenvalue weighted by Gasteiger charge is -2.29. The summed E-state index contributed by atoms with van der Waals surface area (Å²) in [5.41, 5.74) is 6.24. The maximum Gasteiger partial charge on any atom is 0.319 e. The van der Waals surface area contributed by atoms with E-state index in [9.17, 15) is 9.18 Å². The second-order valence-corrected chi connectivity index (χ2v) is 9.16. The molecule has 1 aromatic heterocycles. The molecule has 1 aliphatic rings. The van der Waals surface area contributed by atoms with E-state index in [1.165, 1.54) is 12.1 Å². The summed E-state index contributed by atoms with van der Waals surface area (Å²) >= 11 is 0. The van der Waals surface area contributed by atoms with E-state index >= 15 is 0 Å². The van der Waals surface area contributed by atoms with E-state index in [1.807, 2.05) is 36.4 Å². The first-order chi connectivity index (χ1) is 19.1. The van der Waals surface area contributed by atoms with Crippen LogP contribution in [0.5, 0.6) is 0 Å².